The maximum Gasteiger partial charge on any atom is 0.237 e. The normalized spacial score (nSPS) is 28.7. The van der Waals surface area contributed by atoms with Crippen molar-refractivity contribution >= 4 is 5.91 Å². The third-order valence-corrected chi connectivity index (χ3v) is 3.87. The number of primary amides is 1. The van der Waals surface area contributed by atoms with Crippen LogP contribution >= 0.6 is 0 Å². The third-order valence-electron chi connectivity index (χ3n) is 3.87. The third kappa shape index (κ3) is 2.70. The van der Waals surface area contributed by atoms with Gasteiger partial charge in [-0.1, -0.05) is 25.0 Å². The van der Waals surface area contributed by atoms with E-state index in [2.05, 4.69) is 0 Å². The Morgan fingerprint density at radius 2 is 1.94 bits per heavy atom. The molecule has 0 aliphatic heterocycles. The van der Waals surface area contributed by atoms with Gasteiger partial charge in [-0.25, -0.2) is 4.39 Å². The van der Waals surface area contributed by atoms with Gasteiger partial charge in [-0.05, 0) is 42.9 Å². The molecule has 2 rings (SSSR count). The first-order valence-corrected chi connectivity index (χ1v) is 6.35. The number of hydrogen-bond acceptors (Lipinski definition) is 2. The van der Waals surface area contributed by atoms with Gasteiger partial charge in [-0.15, -0.1) is 0 Å². The van der Waals surface area contributed by atoms with Gasteiger partial charge in [-0.3, -0.25) is 4.79 Å². The molecule has 4 heteroatoms. The van der Waals surface area contributed by atoms with Crippen LogP contribution in [0.3, 0.4) is 0 Å². The van der Waals surface area contributed by atoms with E-state index < -0.39 is 11.4 Å². The van der Waals surface area contributed by atoms with Crippen molar-refractivity contribution in [2.45, 2.75) is 43.6 Å². The van der Waals surface area contributed by atoms with Crippen LogP contribution in [-0.4, -0.2) is 11.4 Å². The largest absolute Gasteiger partial charge is 0.368 e. The van der Waals surface area contributed by atoms with Gasteiger partial charge >= 0.3 is 0 Å². The zero-order chi connectivity index (χ0) is 13.2. The lowest BCUT2D eigenvalue weighted by molar-refractivity contribution is -0.123. The lowest BCUT2D eigenvalue weighted by Crippen LogP contribution is -2.52. The van der Waals surface area contributed by atoms with Gasteiger partial charge in [0.15, 0.2) is 0 Å². The van der Waals surface area contributed by atoms with Crippen molar-refractivity contribution in [2.24, 2.45) is 11.5 Å². The predicted molar refractivity (Wildman–Crippen MR) is 68.3 cm³/mol. The average Bonchev–Trinajstić information content (AvgIpc) is 2.53. The summed E-state index contributed by atoms with van der Waals surface area (Å²) in [7, 11) is 0. The Morgan fingerprint density at radius 3 is 2.56 bits per heavy atom. The summed E-state index contributed by atoms with van der Waals surface area (Å²) < 4.78 is 12.9. The quantitative estimate of drug-likeness (QED) is 0.789. The number of nitrogens with two attached hydrogens (primary N) is 2. The summed E-state index contributed by atoms with van der Waals surface area (Å²) in [5.41, 5.74) is 11.6. The summed E-state index contributed by atoms with van der Waals surface area (Å²) >= 11 is 0. The highest BCUT2D eigenvalue weighted by atomic mass is 19.1. The molecule has 18 heavy (non-hydrogen) atoms. The fraction of sp³-hybridized carbons (Fsp3) is 0.500. The van der Waals surface area contributed by atoms with Crippen LogP contribution in [0.4, 0.5) is 4.39 Å². The molecule has 0 aromatic heterocycles. The first-order valence-electron chi connectivity index (χ1n) is 6.35. The molecule has 0 heterocycles. The Kier molecular flexibility index (Phi) is 3.66. The van der Waals surface area contributed by atoms with E-state index in [9.17, 15) is 9.18 Å². The Labute approximate surface area is 106 Å². The molecule has 2 unspecified atom stereocenters. The van der Waals surface area contributed by atoms with Crippen LogP contribution in [0.2, 0.25) is 0 Å². The summed E-state index contributed by atoms with van der Waals surface area (Å²) in [4.78, 5) is 11.5. The second-order valence-corrected chi connectivity index (χ2v) is 5.22. The Hall–Kier alpha value is -1.42. The van der Waals surface area contributed by atoms with Gasteiger partial charge < -0.3 is 11.5 Å². The summed E-state index contributed by atoms with van der Waals surface area (Å²) in [6.07, 6.45) is 4.09. The van der Waals surface area contributed by atoms with Crippen LogP contribution in [0.1, 0.15) is 43.6 Å². The van der Waals surface area contributed by atoms with Crippen molar-refractivity contribution in [3.63, 3.8) is 0 Å². The molecule has 0 bridgehead atoms. The van der Waals surface area contributed by atoms with E-state index in [0.29, 0.717) is 12.8 Å². The van der Waals surface area contributed by atoms with E-state index in [0.717, 1.165) is 24.8 Å². The zero-order valence-electron chi connectivity index (χ0n) is 10.4. The number of carbonyl (C=O) groups excluding carboxylic acids is 1. The van der Waals surface area contributed by atoms with Crippen molar-refractivity contribution in [3.05, 3.63) is 35.6 Å². The molecule has 0 radical (unpaired) electrons. The topological polar surface area (TPSA) is 69.1 Å². The van der Waals surface area contributed by atoms with Crippen molar-refractivity contribution in [1.29, 1.82) is 0 Å². The first-order chi connectivity index (χ1) is 8.51. The second kappa shape index (κ2) is 5.06. The van der Waals surface area contributed by atoms with Gasteiger partial charge in [-0.2, -0.15) is 0 Å². The minimum Gasteiger partial charge on any atom is -0.368 e. The summed E-state index contributed by atoms with van der Waals surface area (Å²) in [5.74, 6) is -0.497. The van der Waals surface area contributed by atoms with Crippen molar-refractivity contribution in [3.8, 4) is 0 Å². The van der Waals surface area contributed by atoms with Crippen LogP contribution in [0.15, 0.2) is 24.3 Å². The molecular formula is C14H19FN2O. The minimum absolute atomic E-state index is 0.186. The second-order valence-electron chi connectivity index (χ2n) is 5.22. The molecule has 0 spiro atoms. The molecular weight excluding hydrogens is 231 g/mol. The first kappa shape index (κ1) is 13.0. The molecule has 4 N–H and O–H groups in total. The van der Waals surface area contributed by atoms with E-state index >= 15 is 0 Å². The molecule has 98 valence electrons. The maximum absolute atomic E-state index is 12.9. The van der Waals surface area contributed by atoms with Gasteiger partial charge in [0, 0.05) is 0 Å². The maximum atomic E-state index is 12.9. The Bertz CT molecular complexity index is 432. The van der Waals surface area contributed by atoms with Gasteiger partial charge in [0.25, 0.3) is 0 Å². The number of amides is 1. The van der Waals surface area contributed by atoms with Crippen LogP contribution < -0.4 is 11.5 Å². The Morgan fingerprint density at radius 1 is 1.28 bits per heavy atom. The molecule has 2 atom stereocenters. The molecule has 1 saturated carbocycles. The Balaban J connectivity index is 2.22. The van der Waals surface area contributed by atoms with Crippen molar-refractivity contribution in [2.75, 3.05) is 0 Å². The smallest absolute Gasteiger partial charge is 0.237 e. The highest BCUT2D eigenvalue weighted by molar-refractivity contribution is 5.84. The monoisotopic (exact) mass is 250 g/mol. The summed E-state index contributed by atoms with van der Waals surface area (Å²) in [6, 6.07) is 6.44. The van der Waals surface area contributed by atoms with Crippen LogP contribution in [0, 0.1) is 5.82 Å². The summed E-state index contributed by atoms with van der Waals surface area (Å²) in [6.45, 7) is 0. The van der Waals surface area contributed by atoms with E-state index in [1.165, 1.54) is 12.1 Å². The fourth-order valence-electron chi connectivity index (χ4n) is 2.72. The zero-order valence-corrected chi connectivity index (χ0v) is 10.4. The lowest BCUT2D eigenvalue weighted by atomic mass is 9.82. The standard InChI is InChI=1S/C14H19FN2O/c15-12-6-4-10(5-7-12)11-3-1-2-8-14(17,9-11)13(16)18/h4-7,11H,1-3,8-9,17H2,(H2,16,18). The molecule has 3 nitrogen and oxygen atoms in total. The van der Waals surface area contributed by atoms with E-state index in [1.54, 1.807) is 12.1 Å². The number of rotatable bonds is 2. The number of hydrogen-bond donors (Lipinski definition) is 2. The highest BCUT2D eigenvalue weighted by Gasteiger charge is 2.36. The number of carbonyl (C=O) groups is 1. The van der Waals surface area contributed by atoms with E-state index in [1.807, 2.05) is 0 Å². The predicted octanol–water partition coefficient (Wildman–Crippen LogP) is 2.06. The lowest BCUT2D eigenvalue weighted by Gasteiger charge is -2.27. The molecule has 1 aliphatic carbocycles. The fourth-order valence-corrected chi connectivity index (χ4v) is 2.72. The van der Waals surface area contributed by atoms with Crippen LogP contribution in [0.25, 0.3) is 0 Å². The van der Waals surface area contributed by atoms with E-state index in [-0.39, 0.29) is 11.7 Å². The highest BCUT2D eigenvalue weighted by Crippen LogP contribution is 2.35. The van der Waals surface area contributed by atoms with Gasteiger partial charge in [0.2, 0.25) is 5.91 Å². The molecule has 1 aliphatic rings. The molecule has 1 amide bonds. The van der Waals surface area contributed by atoms with E-state index in [4.69, 9.17) is 11.5 Å². The van der Waals surface area contributed by atoms with Crippen LogP contribution in [0.5, 0.6) is 0 Å². The van der Waals surface area contributed by atoms with Gasteiger partial charge in [0.05, 0.1) is 5.54 Å². The SMILES string of the molecule is NC(=O)C1(N)CCCCC(c2ccc(F)cc2)C1. The molecule has 0 saturated heterocycles. The molecule has 1 aromatic rings. The number of halogens is 1. The average molecular weight is 250 g/mol. The van der Waals surface area contributed by atoms with Crippen molar-refractivity contribution < 1.29 is 9.18 Å². The molecule has 1 fully saturated rings. The minimum atomic E-state index is -0.921. The molecule has 1 aromatic carbocycles. The van der Waals surface area contributed by atoms with Crippen molar-refractivity contribution in [1.82, 2.24) is 0 Å². The van der Waals surface area contributed by atoms with Gasteiger partial charge in [0.1, 0.15) is 5.82 Å². The summed E-state index contributed by atoms with van der Waals surface area (Å²) in [5, 5.41) is 0. The number of benzene rings is 1. The van der Waals surface area contributed by atoms with Crippen LogP contribution in [-0.2, 0) is 4.79 Å².